The van der Waals surface area contributed by atoms with Gasteiger partial charge in [-0.05, 0) is 29.9 Å². The Morgan fingerprint density at radius 1 is 1.35 bits per heavy atom. The van der Waals surface area contributed by atoms with Crippen LogP contribution in [0.5, 0.6) is 0 Å². The van der Waals surface area contributed by atoms with E-state index in [2.05, 4.69) is 31.1 Å². The normalized spacial score (nSPS) is 11.9. The van der Waals surface area contributed by atoms with Crippen LogP contribution in [0.25, 0.3) is 0 Å². The summed E-state index contributed by atoms with van der Waals surface area (Å²) in [4.78, 5) is 0.0583. The number of sulfonamides is 1. The van der Waals surface area contributed by atoms with Gasteiger partial charge in [-0.2, -0.15) is 0 Å². The summed E-state index contributed by atoms with van der Waals surface area (Å²) in [6.07, 6.45) is 0. The fraction of sp³-hybridized carbons (Fsp3) is 0.364. The van der Waals surface area contributed by atoms with Gasteiger partial charge in [0.15, 0.2) is 4.67 Å². The van der Waals surface area contributed by atoms with E-state index < -0.39 is 10.0 Å². The zero-order valence-corrected chi connectivity index (χ0v) is 13.3. The van der Waals surface area contributed by atoms with Crippen molar-refractivity contribution in [1.82, 2.24) is 15.2 Å². The third-order valence-corrected chi connectivity index (χ3v) is 4.73. The highest BCUT2D eigenvalue weighted by Crippen LogP contribution is 2.26. The molecule has 0 spiro atoms. The van der Waals surface area contributed by atoms with Gasteiger partial charge >= 0.3 is 0 Å². The fourth-order valence-electron chi connectivity index (χ4n) is 1.59. The van der Waals surface area contributed by atoms with Crippen LogP contribution in [-0.2, 0) is 23.1 Å². The van der Waals surface area contributed by atoms with Crippen LogP contribution in [0.2, 0.25) is 0 Å². The molecule has 0 aliphatic rings. The Balaban J connectivity index is 2.13. The molecule has 20 heavy (non-hydrogen) atoms. The van der Waals surface area contributed by atoms with Crippen LogP contribution in [0.1, 0.15) is 17.2 Å². The second-order valence-electron chi connectivity index (χ2n) is 4.13. The van der Waals surface area contributed by atoms with Gasteiger partial charge in [-0.3, -0.25) is 0 Å². The number of hydrogen-bond donors (Lipinski definition) is 2. The summed E-state index contributed by atoms with van der Waals surface area (Å²) in [5.41, 5.74) is 0.515. The summed E-state index contributed by atoms with van der Waals surface area (Å²) in [6, 6.07) is 3.14. The number of nitrogens with one attached hydrogen (secondary N) is 2. The molecule has 9 heteroatoms. The first-order valence-electron chi connectivity index (χ1n) is 5.77. The highest BCUT2D eigenvalue weighted by molar-refractivity contribution is 9.10. The van der Waals surface area contributed by atoms with Crippen LogP contribution in [0.3, 0.4) is 0 Å². The van der Waals surface area contributed by atoms with Crippen LogP contribution in [0, 0.1) is 6.92 Å². The number of aryl methyl sites for hydroxylation is 1. The van der Waals surface area contributed by atoms with Crippen molar-refractivity contribution < 1.29 is 17.4 Å². The van der Waals surface area contributed by atoms with Gasteiger partial charge in [0, 0.05) is 12.1 Å². The lowest BCUT2D eigenvalue weighted by Crippen LogP contribution is -2.23. The van der Waals surface area contributed by atoms with Crippen molar-refractivity contribution in [3.63, 3.8) is 0 Å². The van der Waals surface area contributed by atoms with Crippen molar-refractivity contribution in [2.45, 2.75) is 24.9 Å². The summed E-state index contributed by atoms with van der Waals surface area (Å²) < 4.78 is 37.1. The average molecular weight is 364 g/mol. The third kappa shape index (κ3) is 3.48. The van der Waals surface area contributed by atoms with Crippen LogP contribution in [0.15, 0.2) is 30.6 Å². The van der Waals surface area contributed by atoms with Crippen molar-refractivity contribution >= 4 is 26.0 Å². The minimum absolute atomic E-state index is 0.0542. The van der Waals surface area contributed by atoms with Crippen LogP contribution < -0.4 is 10.0 Å². The molecule has 0 aliphatic heterocycles. The molecule has 2 N–H and O–H groups in total. The summed E-state index contributed by atoms with van der Waals surface area (Å²) >= 11 is 3.11. The molecule has 0 bridgehead atoms. The molecule has 0 unspecified atom stereocenters. The number of halogens is 1. The van der Waals surface area contributed by atoms with Gasteiger partial charge in [0.2, 0.25) is 10.0 Å². The molecule has 0 radical (unpaired) electrons. The Morgan fingerprint density at radius 3 is 2.70 bits per heavy atom. The highest BCUT2D eigenvalue weighted by atomic mass is 79.9. The molecule has 2 rings (SSSR count). The minimum Gasteiger partial charge on any atom is -0.452 e. The number of nitrogens with zero attached hydrogens (tertiary/aromatic N) is 1. The second kappa shape index (κ2) is 6.08. The molecule has 0 aromatic carbocycles. The lowest BCUT2D eigenvalue weighted by Gasteiger charge is -2.02. The van der Waals surface area contributed by atoms with Crippen molar-refractivity contribution in [2.75, 3.05) is 7.05 Å². The Bertz CT molecular complexity index is 692. The Morgan fingerprint density at radius 2 is 2.10 bits per heavy atom. The summed E-state index contributed by atoms with van der Waals surface area (Å²) in [5, 5.41) is 6.61. The maximum atomic E-state index is 12.2. The maximum Gasteiger partial charge on any atom is 0.245 e. The van der Waals surface area contributed by atoms with E-state index in [-0.39, 0.29) is 16.1 Å². The number of rotatable bonds is 6. The zero-order chi connectivity index (χ0) is 14.8. The Kier molecular flexibility index (Phi) is 4.63. The van der Waals surface area contributed by atoms with Gasteiger partial charge in [0.1, 0.15) is 16.4 Å². The van der Waals surface area contributed by atoms with Crippen LogP contribution in [0.4, 0.5) is 0 Å². The molecule has 0 amide bonds. The zero-order valence-electron chi connectivity index (χ0n) is 10.9. The topological polar surface area (TPSA) is 97.4 Å². The largest absolute Gasteiger partial charge is 0.452 e. The molecule has 2 aromatic rings. The van der Waals surface area contributed by atoms with E-state index >= 15 is 0 Å². The molecular weight excluding hydrogens is 350 g/mol. The lowest BCUT2D eigenvalue weighted by atomic mass is 10.4. The third-order valence-electron chi connectivity index (χ3n) is 2.47. The van der Waals surface area contributed by atoms with Crippen molar-refractivity contribution in [3.05, 3.63) is 34.0 Å². The smallest absolute Gasteiger partial charge is 0.245 e. The van der Waals surface area contributed by atoms with Crippen molar-refractivity contribution in [1.29, 1.82) is 0 Å². The molecule has 0 atom stereocenters. The van der Waals surface area contributed by atoms with Gasteiger partial charge in [0.05, 0.1) is 18.8 Å². The second-order valence-corrected chi connectivity index (χ2v) is 6.59. The van der Waals surface area contributed by atoms with E-state index in [1.807, 2.05) is 0 Å². The van der Waals surface area contributed by atoms with Gasteiger partial charge in [-0.15, -0.1) is 0 Å². The molecule has 0 saturated heterocycles. The molecule has 0 aliphatic carbocycles. The Hall–Kier alpha value is -1.16. The van der Waals surface area contributed by atoms with E-state index in [9.17, 15) is 8.42 Å². The fourth-order valence-corrected chi connectivity index (χ4v) is 3.58. The van der Waals surface area contributed by atoms with E-state index in [1.165, 1.54) is 6.07 Å². The SMILES string of the molecule is CNCc1cc(S(=O)(=O)NCc2cc(C)on2)c(Br)o1. The van der Waals surface area contributed by atoms with E-state index in [0.717, 1.165) is 0 Å². The molecule has 2 aromatic heterocycles. The quantitative estimate of drug-likeness (QED) is 0.807. The lowest BCUT2D eigenvalue weighted by molar-refractivity contribution is 0.390. The Labute approximate surface area is 124 Å². The molecule has 110 valence electrons. The van der Waals surface area contributed by atoms with Gasteiger partial charge in [0.25, 0.3) is 0 Å². The summed E-state index contributed by atoms with van der Waals surface area (Å²) in [6.45, 7) is 2.23. The summed E-state index contributed by atoms with van der Waals surface area (Å²) in [7, 11) is -1.93. The minimum atomic E-state index is -3.68. The molecular formula is C11H14BrN3O4S. The predicted molar refractivity (Wildman–Crippen MR) is 74.4 cm³/mol. The van der Waals surface area contributed by atoms with Gasteiger partial charge in [-0.25, -0.2) is 13.1 Å². The molecule has 0 fully saturated rings. The first kappa shape index (κ1) is 15.2. The monoisotopic (exact) mass is 363 g/mol. The van der Waals surface area contributed by atoms with Crippen LogP contribution in [-0.4, -0.2) is 20.6 Å². The molecule has 0 saturated carbocycles. The van der Waals surface area contributed by atoms with E-state index in [1.54, 1.807) is 20.0 Å². The first-order valence-corrected chi connectivity index (χ1v) is 8.04. The maximum absolute atomic E-state index is 12.2. The number of furan rings is 1. The standard InChI is InChI=1S/C11H14BrN3O4S/c1-7-3-8(15-19-7)5-14-20(16,17)10-4-9(6-13-2)18-11(10)12/h3-4,13-14H,5-6H2,1-2H3. The molecule has 2 heterocycles. The average Bonchev–Trinajstić information content (AvgIpc) is 2.94. The predicted octanol–water partition coefficient (Wildman–Crippen LogP) is 1.54. The summed E-state index contributed by atoms with van der Waals surface area (Å²) in [5.74, 6) is 1.15. The van der Waals surface area contributed by atoms with E-state index in [0.29, 0.717) is 23.8 Å². The number of hydrogen-bond acceptors (Lipinski definition) is 6. The van der Waals surface area contributed by atoms with Gasteiger partial charge in [-0.1, -0.05) is 5.16 Å². The van der Waals surface area contributed by atoms with Crippen molar-refractivity contribution in [2.24, 2.45) is 0 Å². The van der Waals surface area contributed by atoms with Crippen LogP contribution >= 0.6 is 15.9 Å². The number of aromatic nitrogens is 1. The molecule has 7 nitrogen and oxygen atoms in total. The first-order chi connectivity index (χ1) is 9.42. The van der Waals surface area contributed by atoms with Gasteiger partial charge < -0.3 is 14.3 Å². The van der Waals surface area contributed by atoms with Crippen molar-refractivity contribution in [3.8, 4) is 0 Å². The van der Waals surface area contributed by atoms with E-state index in [4.69, 9.17) is 8.94 Å². The highest BCUT2D eigenvalue weighted by Gasteiger charge is 2.22.